The molecule has 0 saturated carbocycles. The summed E-state index contributed by atoms with van der Waals surface area (Å²) in [5, 5.41) is 3.17. The molecule has 45 heavy (non-hydrogen) atoms. The lowest BCUT2D eigenvalue weighted by Gasteiger charge is -2.42. The molecule has 0 atom stereocenters. The molecule has 0 aliphatic rings. The van der Waals surface area contributed by atoms with E-state index in [2.05, 4.69) is 149 Å². The molecule has 0 spiro atoms. The van der Waals surface area contributed by atoms with E-state index in [1.807, 2.05) is 6.07 Å². The lowest BCUT2D eigenvalue weighted by Crippen LogP contribution is -2.04. The number of nitrogens with zero attached hydrogens (tertiary/aromatic N) is 2. The lowest BCUT2D eigenvalue weighted by atomic mass is 10.0. The van der Waals surface area contributed by atoms with Gasteiger partial charge in [-0.15, -0.1) is 10.0 Å². The van der Waals surface area contributed by atoms with Crippen molar-refractivity contribution in [3.63, 3.8) is 0 Å². The molecule has 9 aromatic rings. The average Bonchev–Trinajstić information content (AvgIpc) is 3.67. The van der Waals surface area contributed by atoms with E-state index < -0.39 is 10.0 Å². The molecule has 0 unspecified atom stereocenters. The summed E-state index contributed by atoms with van der Waals surface area (Å²) < 4.78 is 12.4. The van der Waals surface area contributed by atoms with Gasteiger partial charge in [-0.3, -0.25) is 0 Å². The SMILES string of the molecule is c1ccc(S(c2ccccc2)(c2ccccc2)c2ccc3oc4ccc(-c5ccc6oc7cncnc7c6c5)cc4c3c2)cc1. The first kappa shape index (κ1) is 25.8. The molecule has 4 nitrogen and oxygen atoms in total. The van der Waals surface area contributed by atoms with Crippen LogP contribution in [0, 0.1) is 0 Å². The van der Waals surface area contributed by atoms with Gasteiger partial charge in [-0.1, -0.05) is 66.7 Å². The Bertz CT molecular complexity index is 2390. The first-order valence-electron chi connectivity index (χ1n) is 14.9. The Morgan fingerprint density at radius 1 is 0.422 bits per heavy atom. The maximum Gasteiger partial charge on any atom is 0.172 e. The van der Waals surface area contributed by atoms with E-state index in [-0.39, 0.29) is 0 Å². The van der Waals surface area contributed by atoms with E-state index in [0.29, 0.717) is 5.58 Å². The van der Waals surface area contributed by atoms with E-state index in [1.165, 1.54) is 19.6 Å². The molecule has 3 heterocycles. The van der Waals surface area contributed by atoms with Crippen LogP contribution in [0.5, 0.6) is 0 Å². The molecule has 0 N–H and O–H groups in total. The van der Waals surface area contributed by atoms with Crippen molar-refractivity contribution in [2.24, 2.45) is 0 Å². The predicted molar refractivity (Wildman–Crippen MR) is 182 cm³/mol. The molecule has 9 rings (SSSR count). The summed E-state index contributed by atoms with van der Waals surface area (Å²) in [5.41, 5.74) is 6.26. The number of fused-ring (bicyclic) bond motifs is 6. The van der Waals surface area contributed by atoms with Crippen LogP contribution in [0.15, 0.2) is 187 Å². The van der Waals surface area contributed by atoms with Crippen LogP contribution in [-0.2, 0) is 0 Å². The van der Waals surface area contributed by atoms with Crippen molar-refractivity contribution in [1.82, 2.24) is 9.97 Å². The number of benzene rings is 6. The maximum atomic E-state index is 6.42. The molecule has 3 aromatic heterocycles. The summed E-state index contributed by atoms with van der Waals surface area (Å²) in [6, 6.07) is 52.2. The highest BCUT2D eigenvalue weighted by molar-refractivity contribution is 8.34. The quantitative estimate of drug-likeness (QED) is 0.198. The van der Waals surface area contributed by atoms with Crippen LogP contribution in [0.25, 0.3) is 55.1 Å². The predicted octanol–water partition coefficient (Wildman–Crippen LogP) is 11.3. The molecular formula is C40H26N2O2S. The fraction of sp³-hybridized carbons (Fsp3) is 0. The average molecular weight is 599 g/mol. The Hall–Kier alpha value is -5.65. The third kappa shape index (κ3) is 4.01. The molecular weight excluding hydrogens is 573 g/mol. The fourth-order valence-corrected chi connectivity index (χ4v) is 10.4. The van der Waals surface area contributed by atoms with E-state index in [0.717, 1.165) is 49.6 Å². The van der Waals surface area contributed by atoms with Crippen LogP contribution in [0.1, 0.15) is 0 Å². The summed E-state index contributed by atoms with van der Waals surface area (Å²) in [6.45, 7) is 0. The molecule has 6 aromatic carbocycles. The molecule has 214 valence electrons. The van der Waals surface area contributed by atoms with Gasteiger partial charge in [0.1, 0.15) is 28.6 Å². The Labute approximate surface area is 260 Å². The topological polar surface area (TPSA) is 52.1 Å². The van der Waals surface area contributed by atoms with Gasteiger partial charge in [0.2, 0.25) is 0 Å². The smallest absolute Gasteiger partial charge is 0.172 e. The van der Waals surface area contributed by atoms with Crippen molar-refractivity contribution >= 4 is 54.0 Å². The normalized spacial score (nSPS) is 12.4. The zero-order valence-corrected chi connectivity index (χ0v) is 24.9. The molecule has 0 fully saturated rings. The van der Waals surface area contributed by atoms with Crippen LogP contribution < -0.4 is 0 Å². The van der Waals surface area contributed by atoms with Crippen LogP contribution >= 0.6 is 10.0 Å². The molecule has 0 aliphatic heterocycles. The second kappa shape index (κ2) is 10.2. The van der Waals surface area contributed by atoms with Gasteiger partial charge in [0, 0.05) is 35.7 Å². The van der Waals surface area contributed by atoms with Gasteiger partial charge in [-0.05, 0) is 90.0 Å². The Morgan fingerprint density at radius 2 is 0.911 bits per heavy atom. The number of aromatic nitrogens is 2. The lowest BCUT2D eigenvalue weighted by molar-refractivity contribution is 0.665. The van der Waals surface area contributed by atoms with Gasteiger partial charge in [0.05, 0.1) is 6.20 Å². The highest BCUT2D eigenvalue weighted by Crippen LogP contribution is 2.73. The Morgan fingerprint density at radius 3 is 1.51 bits per heavy atom. The zero-order chi connectivity index (χ0) is 29.8. The Kier molecular flexibility index (Phi) is 5.86. The van der Waals surface area contributed by atoms with Crippen molar-refractivity contribution in [2.45, 2.75) is 19.6 Å². The van der Waals surface area contributed by atoms with Gasteiger partial charge in [-0.25, -0.2) is 9.97 Å². The molecule has 0 amide bonds. The van der Waals surface area contributed by atoms with Crippen molar-refractivity contribution in [2.75, 3.05) is 0 Å². The van der Waals surface area contributed by atoms with Gasteiger partial charge >= 0.3 is 0 Å². The molecule has 5 heteroatoms. The summed E-state index contributed by atoms with van der Waals surface area (Å²) in [4.78, 5) is 13.7. The van der Waals surface area contributed by atoms with Crippen LogP contribution in [0.3, 0.4) is 0 Å². The summed E-state index contributed by atoms with van der Waals surface area (Å²) in [6.07, 6.45) is 3.28. The summed E-state index contributed by atoms with van der Waals surface area (Å²) in [5.74, 6) is 0. The number of hydrogen-bond acceptors (Lipinski definition) is 4. The zero-order valence-electron chi connectivity index (χ0n) is 24.1. The third-order valence-corrected chi connectivity index (χ3v) is 12.4. The number of furan rings is 2. The summed E-state index contributed by atoms with van der Waals surface area (Å²) >= 11 is 0. The second-order valence-electron chi connectivity index (χ2n) is 11.1. The van der Waals surface area contributed by atoms with Crippen molar-refractivity contribution in [3.05, 3.63) is 158 Å². The van der Waals surface area contributed by atoms with E-state index in [1.54, 1.807) is 12.5 Å². The monoisotopic (exact) mass is 598 g/mol. The van der Waals surface area contributed by atoms with E-state index >= 15 is 0 Å². The minimum Gasteiger partial charge on any atom is -0.456 e. The number of rotatable bonds is 5. The van der Waals surface area contributed by atoms with E-state index in [9.17, 15) is 0 Å². The van der Waals surface area contributed by atoms with Gasteiger partial charge < -0.3 is 8.83 Å². The first-order valence-corrected chi connectivity index (χ1v) is 16.5. The van der Waals surface area contributed by atoms with Crippen molar-refractivity contribution < 1.29 is 8.83 Å². The first-order chi connectivity index (χ1) is 22.3. The van der Waals surface area contributed by atoms with Gasteiger partial charge in [0.25, 0.3) is 0 Å². The van der Waals surface area contributed by atoms with Crippen LogP contribution in [0.4, 0.5) is 0 Å². The van der Waals surface area contributed by atoms with Gasteiger partial charge in [0.15, 0.2) is 5.58 Å². The van der Waals surface area contributed by atoms with Crippen molar-refractivity contribution in [3.8, 4) is 11.1 Å². The standard InChI is InChI=1S/C40H26N2O2S/c1-4-10-29(11-5-1)45(30-12-6-2-7-13-30,31-14-8-3-9-15-31)32-18-21-37-34(24-32)33-22-27(16-19-36(33)43-37)28-17-20-38-35(23-28)40-39(44-38)25-41-26-42-40/h1-26H. The van der Waals surface area contributed by atoms with E-state index in [4.69, 9.17) is 8.83 Å². The largest absolute Gasteiger partial charge is 0.456 e. The third-order valence-electron chi connectivity index (χ3n) is 8.55. The molecule has 0 bridgehead atoms. The summed E-state index contributed by atoms with van der Waals surface area (Å²) in [7, 11) is -1.81. The Balaban J connectivity index is 1.28. The van der Waals surface area contributed by atoms with Gasteiger partial charge in [-0.2, -0.15) is 0 Å². The highest BCUT2D eigenvalue weighted by atomic mass is 32.3. The minimum absolute atomic E-state index is 0.690. The fourth-order valence-electron chi connectivity index (χ4n) is 6.51. The maximum absolute atomic E-state index is 6.42. The molecule has 0 aliphatic carbocycles. The number of hydrogen-bond donors (Lipinski definition) is 0. The minimum atomic E-state index is -1.81. The van der Waals surface area contributed by atoms with Crippen LogP contribution in [-0.4, -0.2) is 9.97 Å². The molecule has 0 radical (unpaired) electrons. The second-order valence-corrected chi connectivity index (χ2v) is 14.2. The van der Waals surface area contributed by atoms with Crippen molar-refractivity contribution in [1.29, 1.82) is 0 Å². The highest BCUT2D eigenvalue weighted by Gasteiger charge is 2.33. The van der Waals surface area contributed by atoms with Crippen LogP contribution in [0.2, 0.25) is 0 Å². The molecule has 0 saturated heterocycles.